The first kappa shape index (κ1) is 13.0. The minimum Gasteiger partial charge on any atom is -0.481 e. The number of carboxylic acid groups (broad SMARTS) is 1. The molecule has 0 aromatic carbocycles. The van der Waals surface area contributed by atoms with Crippen molar-refractivity contribution >= 4 is 33.6 Å². The number of nitrogens with one attached hydrogen (secondary N) is 1. The predicted octanol–water partition coefficient (Wildman–Crippen LogP) is 1.81. The van der Waals surface area contributed by atoms with Crippen LogP contribution in [0.1, 0.15) is 12.8 Å². The fourth-order valence-corrected chi connectivity index (χ4v) is 3.16. The number of anilines is 1. The molecular formula is C15H15N5O2. The molecule has 1 saturated heterocycles. The second-order valence-corrected chi connectivity index (χ2v) is 5.59. The van der Waals surface area contributed by atoms with Crippen molar-refractivity contribution in [1.29, 1.82) is 0 Å². The minimum absolute atomic E-state index is 0.244. The zero-order valence-corrected chi connectivity index (χ0v) is 11.9. The van der Waals surface area contributed by atoms with Crippen LogP contribution in [0, 0.1) is 5.92 Å². The Balaban J connectivity index is 1.79. The number of fused-ring (bicyclic) bond motifs is 3. The molecule has 0 bridgehead atoms. The Hall–Kier alpha value is -2.70. The summed E-state index contributed by atoms with van der Waals surface area (Å²) in [6.07, 6.45) is 6.64. The molecule has 0 saturated carbocycles. The Bertz CT molecular complexity index is 851. The summed E-state index contributed by atoms with van der Waals surface area (Å²) in [5, 5.41) is 19.4. The number of hydrogen-bond donors (Lipinski definition) is 2. The first-order chi connectivity index (χ1) is 10.7. The van der Waals surface area contributed by atoms with Crippen molar-refractivity contribution in [3.05, 3.63) is 24.7 Å². The Morgan fingerprint density at radius 1 is 1.32 bits per heavy atom. The van der Waals surface area contributed by atoms with Crippen molar-refractivity contribution in [2.75, 3.05) is 18.0 Å². The molecule has 112 valence electrons. The number of pyridine rings is 1. The van der Waals surface area contributed by atoms with E-state index in [1.54, 1.807) is 12.4 Å². The van der Waals surface area contributed by atoms with Crippen molar-refractivity contribution in [1.82, 2.24) is 20.2 Å². The number of H-pyrrole nitrogens is 1. The van der Waals surface area contributed by atoms with E-state index >= 15 is 0 Å². The third-order valence-corrected chi connectivity index (χ3v) is 4.35. The number of piperidine rings is 1. The van der Waals surface area contributed by atoms with Gasteiger partial charge in [0.15, 0.2) is 0 Å². The highest BCUT2D eigenvalue weighted by molar-refractivity contribution is 6.09. The van der Waals surface area contributed by atoms with Gasteiger partial charge in [-0.05, 0) is 18.9 Å². The first-order valence-electron chi connectivity index (χ1n) is 7.29. The van der Waals surface area contributed by atoms with E-state index < -0.39 is 5.97 Å². The molecule has 1 aliphatic rings. The minimum atomic E-state index is -0.699. The van der Waals surface area contributed by atoms with E-state index in [0.29, 0.717) is 25.9 Å². The van der Waals surface area contributed by atoms with Crippen molar-refractivity contribution in [3.8, 4) is 0 Å². The van der Waals surface area contributed by atoms with Crippen LogP contribution in [0.25, 0.3) is 21.9 Å². The maximum Gasteiger partial charge on any atom is 0.306 e. The maximum atomic E-state index is 11.1. The molecule has 0 spiro atoms. The molecule has 7 heteroatoms. The summed E-state index contributed by atoms with van der Waals surface area (Å²) in [6.45, 7) is 1.43. The Kier molecular flexibility index (Phi) is 2.92. The molecule has 1 fully saturated rings. The average molecular weight is 297 g/mol. The van der Waals surface area contributed by atoms with Gasteiger partial charge in [-0.2, -0.15) is 5.10 Å². The summed E-state index contributed by atoms with van der Waals surface area (Å²) < 4.78 is 0. The summed E-state index contributed by atoms with van der Waals surface area (Å²) in [7, 11) is 0. The van der Waals surface area contributed by atoms with Gasteiger partial charge in [-0.25, -0.2) is 4.98 Å². The zero-order chi connectivity index (χ0) is 15.1. The molecule has 7 nitrogen and oxygen atoms in total. The summed E-state index contributed by atoms with van der Waals surface area (Å²) in [6, 6.07) is 1.99. The third-order valence-electron chi connectivity index (χ3n) is 4.35. The lowest BCUT2D eigenvalue weighted by Crippen LogP contribution is -2.36. The average Bonchev–Trinajstić information content (AvgIpc) is 3.03. The highest BCUT2D eigenvalue weighted by Crippen LogP contribution is 2.32. The van der Waals surface area contributed by atoms with Crippen LogP contribution < -0.4 is 4.90 Å². The Labute approximate surface area is 126 Å². The topological polar surface area (TPSA) is 95.0 Å². The number of aromatic amines is 1. The van der Waals surface area contributed by atoms with Gasteiger partial charge in [0.2, 0.25) is 0 Å². The lowest BCUT2D eigenvalue weighted by molar-refractivity contribution is -0.142. The van der Waals surface area contributed by atoms with E-state index in [0.717, 1.165) is 27.6 Å². The van der Waals surface area contributed by atoms with Crippen molar-refractivity contribution in [2.24, 2.45) is 5.92 Å². The molecule has 0 radical (unpaired) electrons. The van der Waals surface area contributed by atoms with Crippen molar-refractivity contribution in [3.63, 3.8) is 0 Å². The van der Waals surface area contributed by atoms with Gasteiger partial charge in [-0.1, -0.05) is 0 Å². The van der Waals surface area contributed by atoms with Gasteiger partial charge < -0.3 is 15.0 Å². The number of rotatable bonds is 2. The van der Waals surface area contributed by atoms with Crippen LogP contribution in [-0.4, -0.2) is 44.3 Å². The second kappa shape index (κ2) is 4.94. The third kappa shape index (κ3) is 1.97. The number of nitrogens with zero attached hydrogens (tertiary/aromatic N) is 4. The van der Waals surface area contributed by atoms with E-state index in [-0.39, 0.29) is 5.92 Å². The Morgan fingerprint density at radius 3 is 2.91 bits per heavy atom. The molecule has 3 aromatic rings. The number of aliphatic carboxylic acids is 1. The quantitative estimate of drug-likeness (QED) is 0.749. The van der Waals surface area contributed by atoms with E-state index in [4.69, 9.17) is 5.11 Å². The van der Waals surface area contributed by atoms with E-state index in [1.165, 1.54) is 0 Å². The van der Waals surface area contributed by atoms with E-state index in [9.17, 15) is 4.79 Å². The number of hydrogen-bond acceptors (Lipinski definition) is 5. The highest BCUT2D eigenvalue weighted by Gasteiger charge is 2.26. The smallest absolute Gasteiger partial charge is 0.306 e. The number of carboxylic acids is 1. The number of carbonyl (C=O) groups is 1. The molecule has 22 heavy (non-hydrogen) atoms. The summed E-state index contributed by atoms with van der Waals surface area (Å²) >= 11 is 0. The molecule has 3 aromatic heterocycles. The second-order valence-electron chi connectivity index (χ2n) is 5.59. The lowest BCUT2D eigenvalue weighted by Gasteiger charge is -2.32. The molecule has 0 aliphatic carbocycles. The zero-order valence-electron chi connectivity index (χ0n) is 11.9. The Morgan fingerprint density at radius 2 is 2.14 bits per heavy atom. The number of aromatic nitrogens is 4. The van der Waals surface area contributed by atoms with E-state index in [2.05, 4.69) is 25.1 Å². The standard InChI is InChI=1S/C15H15N5O2/c21-15(22)9-2-5-20(6-3-9)12-8-18-19-11-7-17-14-10(13(11)12)1-4-16-14/h1,4,7-9H,2-3,5-6H2,(H,16,17)(H,21,22). The van der Waals surface area contributed by atoms with Crippen LogP contribution >= 0.6 is 0 Å². The van der Waals surface area contributed by atoms with Gasteiger partial charge >= 0.3 is 5.97 Å². The summed E-state index contributed by atoms with van der Waals surface area (Å²) in [4.78, 5) is 20.7. The van der Waals surface area contributed by atoms with Crippen LogP contribution in [0.5, 0.6) is 0 Å². The van der Waals surface area contributed by atoms with Crippen LogP contribution in [0.4, 0.5) is 5.69 Å². The summed E-state index contributed by atoms with van der Waals surface area (Å²) in [5.74, 6) is -0.944. The van der Waals surface area contributed by atoms with Gasteiger partial charge in [0.1, 0.15) is 11.2 Å². The molecule has 4 heterocycles. The summed E-state index contributed by atoms with van der Waals surface area (Å²) in [5.41, 5.74) is 2.58. The largest absolute Gasteiger partial charge is 0.481 e. The first-order valence-corrected chi connectivity index (χ1v) is 7.29. The molecule has 2 N–H and O–H groups in total. The van der Waals surface area contributed by atoms with Crippen molar-refractivity contribution in [2.45, 2.75) is 12.8 Å². The molecule has 1 aliphatic heterocycles. The van der Waals surface area contributed by atoms with Gasteiger partial charge in [-0.15, -0.1) is 5.10 Å². The fraction of sp³-hybridized carbons (Fsp3) is 0.333. The van der Waals surface area contributed by atoms with Crippen molar-refractivity contribution < 1.29 is 9.90 Å². The molecule has 0 amide bonds. The van der Waals surface area contributed by atoms with Gasteiger partial charge in [0.05, 0.1) is 24.0 Å². The maximum absolute atomic E-state index is 11.1. The predicted molar refractivity (Wildman–Crippen MR) is 81.8 cm³/mol. The van der Waals surface area contributed by atoms with Gasteiger partial charge in [0, 0.05) is 30.1 Å². The molecular weight excluding hydrogens is 282 g/mol. The molecule has 0 unspecified atom stereocenters. The van der Waals surface area contributed by atoms with Gasteiger partial charge in [0.25, 0.3) is 0 Å². The molecule has 0 atom stereocenters. The van der Waals surface area contributed by atoms with Crippen LogP contribution in [0.15, 0.2) is 24.7 Å². The fourth-order valence-electron chi connectivity index (χ4n) is 3.16. The normalized spacial score (nSPS) is 16.5. The van der Waals surface area contributed by atoms with E-state index in [1.807, 2.05) is 12.3 Å². The highest BCUT2D eigenvalue weighted by atomic mass is 16.4. The van der Waals surface area contributed by atoms with Gasteiger partial charge in [-0.3, -0.25) is 4.79 Å². The lowest BCUT2D eigenvalue weighted by atomic mass is 9.96. The van der Waals surface area contributed by atoms with Crippen LogP contribution in [0.2, 0.25) is 0 Å². The van der Waals surface area contributed by atoms with Crippen LogP contribution in [-0.2, 0) is 4.79 Å². The van der Waals surface area contributed by atoms with Crippen LogP contribution in [0.3, 0.4) is 0 Å². The SMILES string of the molecule is O=C(O)C1CCN(c2cnnc3cnc4[nH]ccc4c23)CC1. The molecule has 4 rings (SSSR count). The monoisotopic (exact) mass is 297 g/mol.